The summed E-state index contributed by atoms with van der Waals surface area (Å²) in [4.78, 5) is 6.68. The Bertz CT molecular complexity index is 359. The van der Waals surface area contributed by atoms with E-state index in [9.17, 15) is 0 Å². The first kappa shape index (κ1) is 9.97. The molecule has 2 rings (SSSR count). The SMILES string of the molecule is CCCN(c1ccc(C#N)cn1)C1CC1. The van der Waals surface area contributed by atoms with Gasteiger partial charge in [-0.15, -0.1) is 0 Å². The maximum Gasteiger partial charge on any atom is 0.128 e. The van der Waals surface area contributed by atoms with Gasteiger partial charge in [0, 0.05) is 18.8 Å². The normalized spacial score (nSPS) is 14.7. The third-order valence-corrected chi connectivity index (χ3v) is 2.62. The minimum absolute atomic E-state index is 0.631. The smallest absolute Gasteiger partial charge is 0.128 e. The van der Waals surface area contributed by atoms with Gasteiger partial charge in [0.2, 0.25) is 0 Å². The number of pyridine rings is 1. The van der Waals surface area contributed by atoms with Crippen LogP contribution in [-0.2, 0) is 0 Å². The lowest BCUT2D eigenvalue weighted by Gasteiger charge is -2.22. The number of anilines is 1. The Labute approximate surface area is 90.4 Å². The number of rotatable bonds is 4. The topological polar surface area (TPSA) is 39.9 Å². The fourth-order valence-electron chi connectivity index (χ4n) is 1.73. The van der Waals surface area contributed by atoms with E-state index in [1.807, 2.05) is 12.1 Å². The summed E-state index contributed by atoms with van der Waals surface area (Å²) in [5.74, 6) is 1.01. The number of nitriles is 1. The van der Waals surface area contributed by atoms with Crippen LogP contribution in [0.15, 0.2) is 18.3 Å². The van der Waals surface area contributed by atoms with Crippen LogP contribution in [0.2, 0.25) is 0 Å². The zero-order valence-corrected chi connectivity index (χ0v) is 8.98. The van der Waals surface area contributed by atoms with Crippen LogP contribution in [0.1, 0.15) is 31.7 Å². The van der Waals surface area contributed by atoms with Crippen molar-refractivity contribution in [3.8, 4) is 6.07 Å². The molecule has 1 heterocycles. The quantitative estimate of drug-likeness (QED) is 0.750. The van der Waals surface area contributed by atoms with Crippen molar-refractivity contribution in [1.29, 1.82) is 5.26 Å². The van der Waals surface area contributed by atoms with Gasteiger partial charge >= 0.3 is 0 Å². The van der Waals surface area contributed by atoms with E-state index < -0.39 is 0 Å². The van der Waals surface area contributed by atoms with Crippen molar-refractivity contribution in [3.05, 3.63) is 23.9 Å². The fourth-order valence-corrected chi connectivity index (χ4v) is 1.73. The molecule has 0 aliphatic heterocycles. The van der Waals surface area contributed by atoms with E-state index in [-0.39, 0.29) is 0 Å². The van der Waals surface area contributed by atoms with Gasteiger partial charge in [0.15, 0.2) is 0 Å². The summed E-state index contributed by atoms with van der Waals surface area (Å²) in [6.07, 6.45) is 5.35. The van der Waals surface area contributed by atoms with Crippen molar-refractivity contribution in [2.75, 3.05) is 11.4 Å². The molecule has 78 valence electrons. The monoisotopic (exact) mass is 201 g/mol. The van der Waals surface area contributed by atoms with Crippen LogP contribution in [0, 0.1) is 11.3 Å². The molecule has 1 saturated carbocycles. The molecule has 0 saturated heterocycles. The van der Waals surface area contributed by atoms with Gasteiger partial charge in [-0.1, -0.05) is 6.92 Å². The third-order valence-electron chi connectivity index (χ3n) is 2.62. The molecule has 1 aromatic heterocycles. The van der Waals surface area contributed by atoms with Crippen LogP contribution in [0.4, 0.5) is 5.82 Å². The molecule has 0 atom stereocenters. The predicted molar refractivity (Wildman–Crippen MR) is 59.6 cm³/mol. The Kier molecular flexibility index (Phi) is 2.86. The van der Waals surface area contributed by atoms with Gasteiger partial charge in [0.1, 0.15) is 11.9 Å². The second-order valence-corrected chi connectivity index (χ2v) is 3.94. The number of hydrogen-bond acceptors (Lipinski definition) is 3. The van der Waals surface area contributed by atoms with Crippen LogP contribution in [0.25, 0.3) is 0 Å². The fraction of sp³-hybridized carbons (Fsp3) is 0.500. The first-order chi connectivity index (χ1) is 7.35. The van der Waals surface area contributed by atoms with Crippen LogP contribution >= 0.6 is 0 Å². The Morgan fingerprint density at radius 3 is 2.80 bits per heavy atom. The van der Waals surface area contributed by atoms with Crippen LogP contribution in [-0.4, -0.2) is 17.6 Å². The third kappa shape index (κ3) is 2.27. The lowest BCUT2D eigenvalue weighted by molar-refractivity contribution is 0.750. The summed E-state index contributed by atoms with van der Waals surface area (Å²) in [7, 11) is 0. The summed E-state index contributed by atoms with van der Waals surface area (Å²) in [5, 5.41) is 8.69. The molecule has 3 nitrogen and oxygen atoms in total. The molecule has 1 fully saturated rings. The molecule has 0 spiro atoms. The summed E-state index contributed by atoms with van der Waals surface area (Å²) >= 11 is 0. The first-order valence-electron chi connectivity index (χ1n) is 5.48. The molecule has 1 aliphatic carbocycles. The maximum atomic E-state index is 8.69. The van der Waals surface area contributed by atoms with E-state index in [0.717, 1.165) is 18.8 Å². The highest BCUT2D eigenvalue weighted by Crippen LogP contribution is 2.30. The van der Waals surface area contributed by atoms with E-state index in [2.05, 4.69) is 22.9 Å². The van der Waals surface area contributed by atoms with Crippen molar-refractivity contribution in [2.24, 2.45) is 0 Å². The minimum atomic E-state index is 0.631. The van der Waals surface area contributed by atoms with Crippen molar-refractivity contribution < 1.29 is 0 Å². The molecular formula is C12H15N3. The highest BCUT2D eigenvalue weighted by atomic mass is 15.2. The van der Waals surface area contributed by atoms with Crippen molar-refractivity contribution in [1.82, 2.24) is 4.98 Å². The largest absolute Gasteiger partial charge is 0.354 e. The Morgan fingerprint density at radius 1 is 1.53 bits per heavy atom. The average Bonchev–Trinajstić information content (AvgIpc) is 3.10. The van der Waals surface area contributed by atoms with Crippen LogP contribution in [0.3, 0.4) is 0 Å². The number of nitrogens with zero attached hydrogens (tertiary/aromatic N) is 3. The van der Waals surface area contributed by atoms with Gasteiger partial charge in [-0.2, -0.15) is 5.26 Å². The Balaban J connectivity index is 2.15. The van der Waals surface area contributed by atoms with Crippen LogP contribution in [0.5, 0.6) is 0 Å². The minimum Gasteiger partial charge on any atom is -0.354 e. The Hall–Kier alpha value is -1.56. The standard InChI is InChI=1S/C12H15N3/c1-2-7-15(11-4-5-11)12-6-3-10(8-13)9-14-12/h3,6,9,11H,2,4-5,7H2,1H3. The lowest BCUT2D eigenvalue weighted by Crippen LogP contribution is -2.27. The highest BCUT2D eigenvalue weighted by molar-refractivity contribution is 5.44. The first-order valence-corrected chi connectivity index (χ1v) is 5.48. The van der Waals surface area contributed by atoms with Crippen molar-refractivity contribution in [2.45, 2.75) is 32.2 Å². The van der Waals surface area contributed by atoms with Gasteiger partial charge in [-0.3, -0.25) is 0 Å². The van der Waals surface area contributed by atoms with E-state index in [1.54, 1.807) is 6.20 Å². The second-order valence-electron chi connectivity index (χ2n) is 3.94. The summed E-state index contributed by atoms with van der Waals surface area (Å²) < 4.78 is 0. The summed E-state index contributed by atoms with van der Waals surface area (Å²) in [6.45, 7) is 3.24. The summed E-state index contributed by atoms with van der Waals surface area (Å²) in [5.41, 5.74) is 0.631. The van der Waals surface area contributed by atoms with Gasteiger partial charge in [0.25, 0.3) is 0 Å². The van der Waals surface area contributed by atoms with Gasteiger partial charge < -0.3 is 4.90 Å². The Morgan fingerprint density at radius 2 is 2.33 bits per heavy atom. The zero-order valence-electron chi connectivity index (χ0n) is 8.98. The highest BCUT2D eigenvalue weighted by Gasteiger charge is 2.29. The molecule has 0 N–H and O–H groups in total. The van der Waals surface area contributed by atoms with Gasteiger partial charge in [-0.25, -0.2) is 4.98 Å². The summed E-state index contributed by atoms with van der Waals surface area (Å²) in [6, 6.07) is 6.57. The van der Waals surface area contributed by atoms with E-state index in [0.29, 0.717) is 11.6 Å². The molecule has 3 heteroatoms. The predicted octanol–water partition coefficient (Wildman–Crippen LogP) is 2.33. The van der Waals surface area contributed by atoms with Gasteiger partial charge in [0.05, 0.1) is 5.56 Å². The second kappa shape index (κ2) is 4.31. The van der Waals surface area contributed by atoms with Crippen LogP contribution < -0.4 is 4.90 Å². The molecule has 0 radical (unpaired) electrons. The number of aromatic nitrogens is 1. The molecule has 0 bridgehead atoms. The molecule has 0 unspecified atom stereocenters. The molecule has 1 aromatic rings. The molecule has 0 amide bonds. The van der Waals surface area contributed by atoms with E-state index >= 15 is 0 Å². The number of hydrogen-bond donors (Lipinski definition) is 0. The maximum absolute atomic E-state index is 8.69. The molecular weight excluding hydrogens is 186 g/mol. The molecule has 15 heavy (non-hydrogen) atoms. The zero-order chi connectivity index (χ0) is 10.7. The molecule has 1 aliphatic rings. The van der Waals surface area contributed by atoms with E-state index in [4.69, 9.17) is 5.26 Å². The van der Waals surface area contributed by atoms with Gasteiger partial charge in [-0.05, 0) is 31.4 Å². The lowest BCUT2D eigenvalue weighted by atomic mass is 10.3. The van der Waals surface area contributed by atoms with Crippen molar-refractivity contribution >= 4 is 5.82 Å². The average molecular weight is 201 g/mol. The molecule has 0 aromatic carbocycles. The van der Waals surface area contributed by atoms with E-state index in [1.165, 1.54) is 12.8 Å². The van der Waals surface area contributed by atoms with Crippen molar-refractivity contribution in [3.63, 3.8) is 0 Å².